The first-order valence-corrected chi connectivity index (χ1v) is 10.2. The number of hydrogen-bond acceptors (Lipinski definition) is 5. The van der Waals surface area contributed by atoms with Gasteiger partial charge in [0.15, 0.2) is 0 Å². The maximum absolute atomic E-state index is 12.5. The van der Waals surface area contributed by atoms with Gasteiger partial charge in [0.2, 0.25) is 5.91 Å². The normalized spacial score (nSPS) is 14.0. The summed E-state index contributed by atoms with van der Waals surface area (Å²) in [5.41, 5.74) is 2.14. The van der Waals surface area contributed by atoms with Gasteiger partial charge in [-0.05, 0) is 35.6 Å². The third-order valence-electron chi connectivity index (χ3n) is 3.83. The summed E-state index contributed by atoms with van der Waals surface area (Å²) in [6, 6.07) is 5.97. The average molecular weight is 381 g/mol. The number of thiophene rings is 2. The van der Waals surface area contributed by atoms with E-state index in [-0.39, 0.29) is 5.91 Å². The van der Waals surface area contributed by atoms with Crippen LogP contribution in [0.1, 0.15) is 16.1 Å². The van der Waals surface area contributed by atoms with Crippen molar-refractivity contribution in [1.82, 2.24) is 9.88 Å². The highest BCUT2D eigenvalue weighted by atomic mass is 35.5. The molecule has 0 spiro atoms. The summed E-state index contributed by atoms with van der Waals surface area (Å²) in [6.45, 7) is 1.54. The van der Waals surface area contributed by atoms with Crippen LogP contribution < -0.4 is 0 Å². The fourth-order valence-electron chi connectivity index (χ4n) is 2.66. The quantitative estimate of drug-likeness (QED) is 0.659. The Morgan fingerprint density at radius 3 is 3.04 bits per heavy atom. The van der Waals surface area contributed by atoms with E-state index >= 15 is 0 Å². The lowest BCUT2D eigenvalue weighted by atomic mass is 10.1. The largest absolute Gasteiger partial charge is 0.338 e. The molecular formula is C16H13ClN2OS3. The molecule has 3 aromatic rings. The third-order valence-corrected chi connectivity index (χ3v) is 7.14. The molecule has 0 radical (unpaired) electrons. The van der Waals surface area contributed by atoms with E-state index in [0.29, 0.717) is 6.42 Å². The van der Waals surface area contributed by atoms with Gasteiger partial charge in [-0.1, -0.05) is 11.6 Å². The molecule has 1 amide bonds. The number of rotatable bonds is 3. The molecule has 0 saturated carbocycles. The van der Waals surface area contributed by atoms with E-state index in [4.69, 9.17) is 11.6 Å². The molecule has 0 atom stereocenters. The van der Waals surface area contributed by atoms with Crippen molar-refractivity contribution in [2.24, 2.45) is 0 Å². The van der Waals surface area contributed by atoms with E-state index in [1.807, 2.05) is 22.4 Å². The molecule has 23 heavy (non-hydrogen) atoms. The van der Waals surface area contributed by atoms with Gasteiger partial charge >= 0.3 is 0 Å². The molecule has 4 rings (SSSR count). The Balaban J connectivity index is 1.44. The van der Waals surface area contributed by atoms with Gasteiger partial charge in [0.25, 0.3) is 0 Å². The number of thiazole rings is 1. The SMILES string of the molecule is O=C(Cc1csc(-c2ccc(Cl)s2)n1)N1CCc2sccc2C1. The maximum atomic E-state index is 12.5. The average Bonchev–Trinajstić information content (AvgIpc) is 3.26. The summed E-state index contributed by atoms with van der Waals surface area (Å²) in [4.78, 5) is 21.5. The van der Waals surface area contributed by atoms with Crippen molar-refractivity contribution < 1.29 is 4.79 Å². The van der Waals surface area contributed by atoms with Crippen molar-refractivity contribution in [3.63, 3.8) is 0 Å². The number of carbonyl (C=O) groups excluding carboxylic acids is 1. The monoisotopic (exact) mass is 380 g/mol. The van der Waals surface area contributed by atoms with Gasteiger partial charge in [0, 0.05) is 23.3 Å². The zero-order valence-electron chi connectivity index (χ0n) is 12.1. The van der Waals surface area contributed by atoms with E-state index in [1.165, 1.54) is 21.8 Å². The molecular weight excluding hydrogens is 368 g/mol. The van der Waals surface area contributed by atoms with Crippen molar-refractivity contribution >= 4 is 51.5 Å². The predicted octanol–water partition coefficient (Wildman–Crippen LogP) is 4.71. The minimum atomic E-state index is 0.155. The van der Waals surface area contributed by atoms with Crippen LogP contribution in [0.25, 0.3) is 9.88 Å². The topological polar surface area (TPSA) is 33.2 Å². The van der Waals surface area contributed by atoms with Crippen LogP contribution in [-0.2, 0) is 24.2 Å². The molecule has 0 saturated heterocycles. The Bertz CT molecular complexity index is 851. The Labute approximate surface area is 151 Å². The van der Waals surface area contributed by atoms with E-state index in [0.717, 1.165) is 39.4 Å². The zero-order chi connectivity index (χ0) is 15.8. The van der Waals surface area contributed by atoms with Crippen LogP contribution in [0.2, 0.25) is 4.34 Å². The Kier molecular flexibility index (Phi) is 4.24. The van der Waals surface area contributed by atoms with Crippen LogP contribution in [0.3, 0.4) is 0 Å². The number of carbonyl (C=O) groups is 1. The Hall–Kier alpha value is -1.21. The molecule has 7 heteroatoms. The number of fused-ring (bicyclic) bond motifs is 1. The number of nitrogens with zero attached hydrogens (tertiary/aromatic N) is 2. The minimum Gasteiger partial charge on any atom is -0.338 e. The second-order valence-corrected chi connectivity index (χ2v) is 8.93. The molecule has 0 unspecified atom stereocenters. The van der Waals surface area contributed by atoms with E-state index in [9.17, 15) is 4.79 Å². The molecule has 0 bridgehead atoms. The van der Waals surface area contributed by atoms with Crippen LogP contribution in [-0.4, -0.2) is 22.3 Å². The Morgan fingerprint density at radius 1 is 1.30 bits per heavy atom. The highest BCUT2D eigenvalue weighted by Gasteiger charge is 2.22. The highest BCUT2D eigenvalue weighted by Crippen LogP contribution is 2.33. The number of amides is 1. The van der Waals surface area contributed by atoms with Crippen LogP contribution in [0.4, 0.5) is 0 Å². The highest BCUT2D eigenvalue weighted by molar-refractivity contribution is 7.23. The molecule has 1 aliphatic rings. The van der Waals surface area contributed by atoms with Crippen LogP contribution in [0.15, 0.2) is 29.0 Å². The van der Waals surface area contributed by atoms with Crippen LogP contribution >= 0.6 is 45.6 Å². The van der Waals surface area contributed by atoms with Gasteiger partial charge in [-0.25, -0.2) is 4.98 Å². The minimum absolute atomic E-state index is 0.155. The summed E-state index contributed by atoms with van der Waals surface area (Å²) in [5.74, 6) is 0.155. The maximum Gasteiger partial charge on any atom is 0.228 e. The van der Waals surface area contributed by atoms with Gasteiger partial charge in [-0.2, -0.15) is 0 Å². The summed E-state index contributed by atoms with van der Waals surface area (Å²) >= 11 is 10.8. The lowest BCUT2D eigenvalue weighted by Gasteiger charge is -2.26. The molecule has 0 aliphatic carbocycles. The first-order chi connectivity index (χ1) is 11.2. The number of halogens is 1. The fraction of sp³-hybridized carbons (Fsp3) is 0.250. The van der Waals surface area contributed by atoms with E-state index in [1.54, 1.807) is 22.7 Å². The number of hydrogen-bond donors (Lipinski definition) is 0. The molecule has 1 aliphatic heterocycles. The van der Waals surface area contributed by atoms with Crippen molar-refractivity contribution in [1.29, 1.82) is 0 Å². The van der Waals surface area contributed by atoms with E-state index < -0.39 is 0 Å². The molecule has 3 aromatic heterocycles. The second-order valence-electron chi connectivity index (χ2n) is 5.36. The smallest absolute Gasteiger partial charge is 0.228 e. The fourth-order valence-corrected chi connectivity index (χ4v) is 5.48. The van der Waals surface area contributed by atoms with Gasteiger partial charge in [-0.15, -0.1) is 34.0 Å². The van der Waals surface area contributed by atoms with Crippen LogP contribution in [0.5, 0.6) is 0 Å². The lowest BCUT2D eigenvalue weighted by molar-refractivity contribution is -0.131. The van der Waals surface area contributed by atoms with Crippen molar-refractivity contribution in [2.75, 3.05) is 6.54 Å². The first-order valence-electron chi connectivity index (χ1n) is 7.22. The molecule has 118 valence electrons. The third kappa shape index (κ3) is 3.21. The molecule has 4 heterocycles. The molecule has 0 N–H and O–H groups in total. The van der Waals surface area contributed by atoms with Crippen molar-refractivity contribution in [3.8, 4) is 9.88 Å². The van der Waals surface area contributed by atoms with Gasteiger partial charge in [0.1, 0.15) is 5.01 Å². The van der Waals surface area contributed by atoms with Crippen molar-refractivity contribution in [2.45, 2.75) is 19.4 Å². The Morgan fingerprint density at radius 2 is 2.22 bits per heavy atom. The summed E-state index contributed by atoms with van der Waals surface area (Å²) < 4.78 is 0.757. The lowest BCUT2D eigenvalue weighted by Crippen LogP contribution is -2.36. The summed E-state index contributed by atoms with van der Waals surface area (Å²) in [7, 11) is 0. The second kappa shape index (κ2) is 6.36. The van der Waals surface area contributed by atoms with Crippen LogP contribution in [0, 0.1) is 0 Å². The van der Waals surface area contributed by atoms with Gasteiger partial charge in [-0.3, -0.25) is 4.79 Å². The number of aromatic nitrogens is 1. The predicted molar refractivity (Wildman–Crippen MR) is 97.6 cm³/mol. The first kappa shape index (κ1) is 15.3. The van der Waals surface area contributed by atoms with Gasteiger partial charge in [0.05, 0.1) is 21.3 Å². The molecule has 0 fully saturated rings. The molecule has 0 aromatic carbocycles. The van der Waals surface area contributed by atoms with Crippen molar-refractivity contribution in [3.05, 3.63) is 49.4 Å². The standard InChI is InChI=1S/C16H13ClN2OS3/c17-14-2-1-13(23-14)16-18-11(9-22-16)7-15(20)19-5-3-12-10(8-19)4-6-21-12/h1-2,4,6,9H,3,5,7-8H2. The zero-order valence-corrected chi connectivity index (χ0v) is 15.3. The summed E-state index contributed by atoms with van der Waals surface area (Å²) in [5, 5.41) is 5.02. The van der Waals surface area contributed by atoms with E-state index in [2.05, 4.69) is 16.4 Å². The molecule has 3 nitrogen and oxygen atoms in total. The summed E-state index contributed by atoms with van der Waals surface area (Å²) in [6.07, 6.45) is 1.34. The van der Waals surface area contributed by atoms with Gasteiger partial charge < -0.3 is 4.90 Å².